The van der Waals surface area contributed by atoms with Gasteiger partial charge in [0.25, 0.3) is 0 Å². The molecule has 0 amide bonds. The topological polar surface area (TPSA) is 50.9 Å². The number of hydrogen-bond acceptors (Lipinski definition) is 4. The maximum absolute atomic E-state index is 5.92. The van der Waals surface area contributed by atoms with Crippen molar-refractivity contribution < 1.29 is 4.74 Å². The molecule has 0 aromatic carbocycles. The Balaban J connectivity index is 1.95. The summed E-state index contributed by atoms with van der Waals surface area (Å²) in [4.78, 5) is 6.58. The number of aliphatic imine (C=N–C) groups is 1. The Bertz CT molecular complexity index is 288. The molecule has 0 aromatic rings. The van der Waals surface area contributed by atoms with Gasteiger partial charge in [0, 0.05) is 13.7 Å². The second-order valence-electron chi connectivity index (χ2n) is 4.50. The van der Waals surface area contributed by atoms with Crippen LogP contribution in [0.1, 0.15) is 19.3 Å². The lowest BCUT2D eigenvalue weighted by Crippen LogP contribution is -2.46. The lowest BCUT2D eigenvalue weighted by molar-refractivity contribution is 0.148. The molecule has 16 heavy (non-hydrogen) atoms. The summed E-state index contributed by atoms with van der Waals surface area (Å²) in [6.45, 7) is 2.43. The second-order valence-corrected chi connectivity index (χ2v) is 4.50. The summed E-state index contributed by atoms with van der Waals surface area (Å²) in [5, 5.41) is 0. The molecule has 1 aliphatic heterocycles. The molecule has 1 heterocycles. The monoisotopic (exact) mass is 223 g/mol. The molecule has 0 saturated heterocycles. The molecule has 0 radical (unpaired) electrons. The highest BCUT2D eigenvalue weighted by molar-refractivity contribution is 5.80. The zero-order valence-corrected chi connectivity index (χ0v) is 9.93. The molecule has 4 heteroatoms. The van der Waals surface area contributed by atoms with Crippen LogP contribution in [0, 0.1) is 5.92 Å². The Labute approximate surface area is 97.2 Å². The summed E-state index contributed by atoms with van der Waals surface area (Å²) in [6.07, 6.45) is 8.18. The lowest BCUT2D eigenvalue weighted by Gasteiger charge is -2.33. The number of hydrogen-bond donors (Lipinski definition) is 1. The molecule has 2 N–H and O–H groups in total. The normalized spacial score (nSPS) is 29.6. The van der Waals surface area contributed by atoms with E-state index in [1.54, 1.807) is 7.11 Å². The Morgan fingerprint density at radius 2 is 2.44 bits per heavy atom. The average molecular weight is 223 g/mol. The van der Waals surface area contributed by atoms with Crippen LogP contribution in [-0.4, -0.2) is 43.7 Å². The number of methoxy groups -OCH3 is 1. The zero-order valence-electron chi connectivity index (χ0n) is 9.93. The fourth-order valence-electron chi connectivity index (χ4n) is 2.59. The summed E-state index contributed by atoms with van der Waals surface area (Å²) in [5.74, 6) is 1.39. The molecule has 4 nitrogen and oxygen atoms in total. The van der Waals surface area contributed by atoms with Crippen molar-refractivity contribution in [3.8, 4) is 0 Å². The third-order valence-corrected chi connectivity index (χ3v) is 3.53. The van der Waals surface area contributed by atoms with Gasteiger partial charge in [-0.3, -0.25) is 4.99 Å². The molecule has 2 rings (SSSR count). The summed E-state index contributed by atoms with van der Waals surface area (Å²) in [7, 11) is 1.72. The van der Waals surface area contributed by atoms with E-state index < -0.39 is 0 Å². The van der Waals surface area contributed by atoms with Crippen LogP contribution in [0.5, 0.6) is 0 Å². The van der Waals surface area contributed by atoms with E-state index in [0.717, 1.165) is 26.1 Å². The maximum Gasteiger partial charge on any atom is 0.191 e. The number of rotatable bonds is 4. The predicted octanol–water partition coefficient (Wildman–Crippen LogP) is 0.988. The van der Waals surface area contributed by atoms with Gasteiger partial charge in [-0.2, -0.15) is 0 Å². The van der Waals surface area contributed by atoms with Crippen molar-refractivity contribution in [1.29, 1.82) is 0 Å². The summed E-state index contributed by atoms with van der Waals surface area (Å²) >= 11 is 0. The minimum atomic E-state index is 0.486. The van der Waals surface area contributed by atoms with Gasteiger partial charge in [-0.25, -0.2) is 0 Å². The van der Waals surface area contributed by atoms with Crippen molar-refractivity contribution in [2.45, 2.75) is 25.3 Å². The Morgan fingerprint density at radius 3 is 3.12 bits per heavy atom. The van der Waals surface area contributed by atoms with Gasteiger partial charge < -0.3 is 15.4 Å². The highest BCUT2D eigenvalue weighted by Crippen LogP contribution is 2.27. The molecular weight excluding hydrogens is 202 g/mol. The van der Waals surface area contributed by atoms with E-state index in [9.17, 15) is 0 Å². The van der Waals surface area contributed by atoms with Crippen molar-refractivity contribution in [2.75, 3.05) is 26.8 Å². The van der Waals surface area contributed by atoms with E-state index in [1.165, 1.54) is 12.8 Å². The standard InChI is InChI=1S/C12H21N3O/c1-16-8-7-15-11(9-14-12(15)13)10-5-3-2-4-6-10/h2-3,10-11H,4-9H2,1H3,(H2,13,14). The minimum Gasteiger partial charge on any atom is -0.383 e. The van der Waals surface area contributed by atoms with Crippen LogP contribution in [0.3, 0.4) is 0 Å². The molecule has 0 bridgehead atoms. The molecule has 90 valence electrons. The van der Waals surface area contributed by atoms with Gasteiger partial charge in [0.15, 0.2) is 5.96 Å². The van der Waals surface area contributed by atoms with Gasteiger partial charge in [0.05, 0.1) is 19.2 Å². The van der Waals surface area contributed by atoms with E-state index in [2.05, 4.69) is 22.0 Å². The van der Waals surface area contributed by atoms with Crippen LogP contribution in [0.25, 0.3) is 0 Å². The summed E-state index contributed by atoms with van der Waals surface area (Å²) in [6, 6.07) is 0.486. The van der Waals surface area contributed by atoms with E-state index in [4.69, 9.17) is 10.5 Å². The third kappa shape index (κ3) is 2.38. The first-order chi connectivity index (χ1) is 7.83. The SMILES string of the molecule is COCCN1C(N)=NCC1C1CC=CCC1. The molecule has 2 atom stereocenters. The first-order valence-corrected chi connectivity index (χ1v) is 6.03. The lowest BCUT2D eigenvalue weighted by atomic mass is 9.87. The van der Waals surface area contributed by atoms with Crippen molar-refractivity contribution in [3.05, 3.63) is 12.2 Å². The Morgan fingerprint density at radius 1 is 1.56 bits per heavy atom. The van der Waals surface area contributed by atoms with E-state index in [-0.39, 0.29) is 0 Å². The number of ether oxygens (including phenoxy) is 1. The van der Waals surface area contributed by atoms with Crippen molar-refractivity contribution in [3.63, 3.8) is 0 Å². The number of allylic oxidation sites excluding steroid dienone is 2. The van der Waals surface area contributed by atoms with Gasteiger partial charge in [-0.15, -0.1) is 0 Å². The smallest absolute Gasteiger partial charge is 0.191 e. The van der Waals surface area contributed by atoms with Gasteiger partial charge >= 0.3 is 0 Å². The molecule has 1 aliphatic carbocycles. The van der Waals surface area contributed by atoms with Crippen LogP contribution in [0.2, 0.25) is 0 Å². The first-order valence-electron chi connectivity index (χ1n) is 6.03. The van der Waals surface area contributed by atoms with Crippen molar-refractivity contribution in [2.24, 2.45) is 16.6 Å². The van der Waals surface area contributed by atoms with Gasteiger partial charge in [0.1, 0.15) is 0 Å². The second kappa shape index (κ2) is 5.34. The van der Waals surface area contributed by atoms with E-state index in [1.807, 2.05) is 0 Å². The Kier molecular flexibility index (Phi) is 3.83. The zero-order chi connectivity index (χ0) is 11.4. The maximum atomic E-state index is 5.92. The number of nitrogens with zero attached hydrogens (tertiary/aromatic N) is 2. The third-order valence-electron chi connectivity index (χ3n) is 3.53. The van der Waals surface area contributed by atoms with Crippen LogP contribution >= 0.6 is 0 Å². The largest absolute Gasteiger partial charge is 0.383 e. The van der Waals surface area contributed by atoms with Crippen molar-refractivity contribution in [1.82, 2.24) is 4.90 Å². The number of guanidine groups is 1. The molecule has 0 fully saturated rings. The number of nitrogens with two attached hydrogens (primary N) is 1. The van der Waals surface area contributed by atoms with Crippen LogP contribution in [-0.2, 0) is 4.74 Å². The van der Waals surface area contributed by atoms with Crippen molar-refractivity contribution >= 4 is 5.96 Å². The van der Waals surface area contributed by atoms with Gasteiger partial charge in [-0.1, -0.05) is 12.2 Å². The summed E-state index contributed by atoms with van der Waals surface area (Å²) < 4.78 is 5.12. The first kappa shape index (κ1) is 11.5. The Hall–Kier alpha value is -1.03. The van der Waals surface area contributed by atoms with Crippen LogP contribution in [0.15, 0.2) is 17.1 Å². The highest BCUT2D eigenvalue weighted by atomic mass is 16.5. The van der Waals surface area contributed by atoms with Crippen LogP contribution in [0.4, 0.5) is 0 Å². The summed E-state index contributed by atoms with van der Waals surface area (Å²) in [5.41, 5.74) is 5.92. The molecule has 2 unspecified atom stereocenters. The quantitative estimate of drug-likeness (QED) is 0.723. The fourth-order valence-corrected chi connectivity index (χ4v) is 2.59. The predicted molar refractivity (Wildman–Crippen MR) is 65.3 cm³/mol. The molecular formula is C12H21N3O. The molecule has 0 spiro atoms. The van der Waals surface area contributed by atoms with Gasteiger partial charge in [0.2, 0.25) is 0 Å². The van der Waals surface area contributed by atoms with Crippen LogP contribution < -0.4 is 5.73 Å². The van der Waals surface area contributed by atoms with Gasteiger partial charge in [-0.05, 0) is 25.2 Å². The average Bonchev–Trinajstić information content (AvgIpc) is 2.69. The van der Waals surface area contributed by atoms with E-state index in [0.29, 0.717) is 17.9 Å². The molecule has 0 saturated carbocycles. The molecule has 0 aromatic heterocycles. The highest BCUT2D eigenvalue weighted by Gasteiger charge is 2.32. The molecule has 2 aliphatic rings. The van der Waals surface area contributed by atoms with E-state index >= 15 is 0 Å². The fraction of sp³-hybridized carbons (Fsp3) is 0.750. The minimum absolute atomic E-state index is 0.486.